The molecular weight excluding hydrogens is 334 g/mol. The van der Waals surface area contributed by atoms with Crippen molar-refractivity contribution in [3.63, 3.8) is 0 Å². The first kappa shape index (κ1) is 17.4. The molecule has 4 nitrogen and oxygen atoms in total. The van der Waals surface area contributed by atoms with E-state index >= 15 is 0 Å². The summed E-state index contributed by atoms with van der Waals surface area (Å²) in [5, 5.41) is 3.04. The van der Waals surface area contributed by atoms with E-state index in [4.69, 9.17) is 11.6 Å². The summed E-state index contributed by atoms with van der Waals surface area (Å²) >= 11 is 7.56. The van der Waals surface area contributed by atoms with E-state index in [1.165, 1.54) is 13.2 Å². The molecule has 6 heteroatoms. The second-order valence-corrected chi connectivity index (χ2v) is 6.22. The summed E-state index contributed by atoms with van der Waals surface area (Å²) in [4.78, 5) is 24.7. The van der Waals surface area contributed by atoms with Gasteiger partial charge in [0.2, 0.25) is 5.91 Å². The molecule has 0 radical (unpaired) electrons. The van der Waals surface area contributed by atoms with E-state index < -0.39 is 5.97 Å². The Morgan fingerprint density at radius 1 is 1.17 bits per heavy atom. The van der Waals surface area contributed by atoms with E-state index in [9.17, 15) is 9.59 Å². The Morgan fingerprint density at radius 3 is 2.61 bits per heavy atom. The zero-order valence-electron chi connectivity index (χ0n) is 12.5. The molecule has 0 aliphatic heterocycles. The molecule has 0 fully saturated rings. The molecule has 0 saturated carbocycles. The number of anilines is 1. The Kier molecular flexibility index (Phi) is 6.50. The number of thioether (sulfide) groups is 1. The highest BCUT2D eigenvalue weighted by atomic mass is 35.5. The summed E-state index contributed by atoms with van der Waals surface area (Å²) in [5.74, 6) is 0.0186. The van der Waals surface area contributed by atoms with Crippen LogP contribution in [-0.2, 0) is 9.53 Å². The van der Waals surface area contributed by atoms with Crippen LogP contribution in [-0.4, -0.2) is 24.7 Å². The molecule has 0 atom stereocenters. The minimum atomic E-state index is -0.536. The fourth-order valence-corrected chi connectivity index (χ4v) is 2.94. The highest BCUT2D eigenvalue weighted by Gasteiger charge is 2.12. The van der Waals surface area contributed by atoms with E-state index in [1.807, 2.05) is 30.3 Å². The molecule has 0 aliphatic carbocycles. The Bertz CT molecular complexity index is 691. The zero-order valence-corrected chi connectivity index (χ0v) is 14.1. The van der Waals surface area contributed by atoms with Crippen molar-refractivity contribution in [3.05, 3.63) is 59.1 Å². The van der Waals surface area contributed by atoms with Gasteiger partial charge in [0.1, 0.15) is 0 Å². The van der Waals surface area contributed by atoms with E-state index in [0.29, 0.717) is 17.9 Å². The van der Waals surface area contributed by atoms with Crippen molar-refractivity contribution in [1.29, 1.82) is 0 Å². The molecule has 0 bridgehead atoms. The molecule has 0 saturated heterocycles. The maximum absolute atomic E-state index is 12.0. The Balaban J connectivity index is 1.89. The lowest BCUT2D eigenvalue weighted by atomic mass is 10.2. The Hall–Kier alpha value is -1.98. The van der Waals surface area contributed by atoms with E-state index in [-0.39, 0.29) is 16.5 Å². The van der Waals surface area contributed by atoms with E-state index in [1.54, 1.807) is 23.9 Å². The van der Waals surface area contributed by atoms with E-state index in [0.717, 1.165) is 4.90 Å². The van der Waals surface area contributed by atoms with Gasteiger partial charge < -0.3 is 10.1 Å². The second-order valence-electron chi connectivity index (χ2n) is 4.65. The van der Waals surface area contributed by atoms with Gasteiger partial charge in [-0.1, -0.05) is 29.8 Å². The normalized spacial score (nSPS) is 10.2. The minimum absolute atomic E-state index is 0.119. The first-order valence-corrected chi connectivity index (χ1v) is 8.32. The highest BCUT2D eigenvalue weighted by Crippen LogP contribution is 2.22. The number of carbonyl (C=O) groups excluding carboxylic acids is 2. The van der Waals surface area contributed by atoms with Crippen LogP contribution < -0.4 is 5.32 Å². The lowest BCUT2D eigenvalue weighted by Gasteiger charge is -2.08. The predicted molar refractivity (Wildman–Crippen MR) is 93.2 cm³/mol. The average molecular weight is 350 g/mol. The number of benzene rings is 2. The number of esters is 1. The molecule has 1 N–H and O–H groups in total. The van der Waals surface area contributed by atoms with Gasteiger partial charge in [0.25, 0.3) is 0 Å². The quantitative estimate of drug-likeness (QED) is 0.625. The van der Waals surface area contributed by atoms with Crippen LogP contribution in [0.5, 0.6) is 0 Å². The summed E-state index contributed by atoms with van der Waals surface area (Å²) in [7, 11) is 1.28. The second kappa shape index (κ2) is 8.60. The molecule has 0 unspecified atom stereocenters. The lowest BCUT2D eigenvalue weighted by molar-refractivity contribution is -0.115. The molecule has 0 aromatic heterocycles. The standard InChI is InChI=1S/C17H16ClNO3S/c1-22-17(21)14-11-12(7-8-15(14)18)19-16(20)9-10-23-13-5-3-2-4-6-13/h2-8,11H,9-10H2,1H3,(H,19,20). The highest BCUT2D eigenvalue weighted by molar-refractivity contribution is 7.99. The van der Waals surface area contributed by atoms with Gasteiger partial charge in [-0.15, -0.1) is 11.8 Å². The van der Waals surface area contributed by atoms with Crippen LogP contribution >= 0.6 is 23.4 Å². The van der Waals surface area contributed by atoms with Crippen LogP contribution in [0.1, 0.15) is 16.8 Å². The van der Waals surface area contributed by atoms with Gasteiger partial charge in [-0.2, -0.15) is 0 Å². The predicted octanol–water partition coefficient (Wildman–Crippen LogP) is 4.25. The zero-order chi connectivity index (χ0) is 16.7. The third kappa shape index (κ3) is 5.30. The van der Waals surface area contributed by atoms with Gasteiger partial charge in [0.05, 0.1) is 17.7 Å². The minimum Gasteiger partial charge on any atom is -0.465 e. The van der Waals surface area contributed by atoms with Crippen LogP contribution in [0.25, 0.3) is 0 Å². The molecule has 1 amide bonds. The van der Waals surface area contributed by atoms with Gasteiger partial charge >= 0.3 is 5.97 Å². The summed E-state index contributed by atoms with van der Waals surface area (Å²) in [6, 6.07) is 14.6. The maximum atomic E-state index is 12.0. The Labute approximate surface area is 144 Å². The average Bonchev–Trinajstić information content (AvgIpc) is 2.57. The van der Waals surface area contributed by atoms with Crippen LogP contribution in [0.2, 0.25) is 5.02 Å². The number of ether oxygens (including phenoxy) is 1. The molecule has 2 aromatic carbocycles. The molecule has 23 heavy (non-hydrogen) atoms. The van der Waals surface area contributed by atoms with Crippen molar-refractivity contribution >= 4 is 40.9 Å². The van der Waals surface area contributed by atoms with Gasteiger partial charge in [0.15, 0.2) is 0 Å². The number of rotatable bonds is 6. The van der Waals surface area contributed by atoms with Gasteiger partial charge in [-0.05, 0) is 30.3 Å². The summed E-state index contributed by atoms with van der Waals surface area (Å²) in [5.41, 5.74) is 0.745. The molecule has 2 rings (SSSR count). The smallest absolute Gasteiger partial charge is 0.339 e. The van der Waals surface area contributed by atoms with Crippen molar-refractivity contribution in [2.45, 2.75) is 11.3 Å². The van der Waals surface area contributed by atoms with Gasteiger partial charge in [-0.25, -0.2) is 4.79 Å². The first-order chi connectivity index (χ1) is 11.1. The molecule has 2 aromatic rings. The van der Waals surface area contributed by atoms with Gasteiger partial charge in [-0.3, -0.25) is 4.79 Å². The number of amides is 1. The van der Waals surface area contributed by atoms with Crippen LogP contribution in [0, 0.1) is 0 Å². The molecular formula is C17H16ClNO3S. The number of carbonyl (C=O) groups is 2. The van der Waals surface area contributed by atoms with Gasteiger partial charge in [0, 0.05) is 22.8 Å². The van der Waals surface area contributed by atoms with Crippen molar-refractivity contribution in [2.75, 3.05) is 18.2 Å². The van der Waals surface area contributed by atoms with Crippen molar-refractivity contribution in [1.82, 2.24) is 0 Å². The Morgan fingerprint density at radius 2 is 1.91 bits per heavy atom. The summed E-state index contributed by atoms with van der Waals surface area (Å²) in [6.07, 6.45) is 0.371. The topological polar surface area (TPSA) is 55.4 Å². The van der Waals surface area contributed by atoms with Crippen LogP contribution in [0.3, 0.4) is 0 Å². The van der Waals surface area contributed by atoms with Crippen molar-refractivity contribution in [2.24, 2.45) is 0 Å². The first-order valence-electron chi connectivity index (χ1n) is 6.95. The number of hydrogen-bond acceptors (Lipinski definition) is 4. The summed E-state index contributed by atoms with van der Waals surface area (Å²) in [6.45, 7) is 0. The third-order valence-electron chi connectivity index (χ3n) is 3.00. The van der Waals surface area contributed by atoms with Crippen molar-refractivity contribution < 1.29 is 14.3 Å². The summed E-state index contributed by atoms with van der Waals surface area (Å²) < 4.78 is 4.65. The number of halogens is 1. The largest absolute Gasteiger partial charge is 0.465 e. The van der Waals surface area contributed by atoms with Crippen LogP contribution in [0.4, 0.5) is 5.69 Å². The van der Waals surface area contributed by atoms with Crippen LogP contribution in [0.15, 0.2) is 53.4 Å². The fourth-order valence-electron chi connectivity index (χ4n) is 1.87. The number of hydrogen-bond donors (Lipinski definition) is 1. The van der Waals surface area contributed by atoms with Crippen molar-refractivity contribution in [3.8, 4) is 0 Å². The van der Waals surface area contributed by atoms with E-state index in [2.05, 4.69) is 10.1 Å². The SMILES string of the molecule is COC(=O)c1cc(NC(=O)CCSc2ccccc2)ccc1Cl. The monoisotopic (exact) mass is 349 g/mol. The maximum Gasteiger partial charge on any atom is 0.339 e. The number of nitrogens with one attached hydrogen (secondary N) is 1. The third-order valence-corrected chi connectivity index (χ3v) is 4.34. The lowest BCUT2D eigenvalue weighted by Crippen LogP contribution is -2.13. The molecule has 0 aliphatic rings. The number of methoxy groups -OCH3 is 1. The molecule has 120 valence electrons. The molecule has 0 spiro atoms. The molecule has 0 heterocycles. The fraction of sp³-hybridized carbons (Fsp3) is 0.176.